The van der Waals surface area contributed by atoms with Crippen LogP contribution >= 0.6 is 11.3 Å². The summed E-state index contributed by atoms with van der Waals surface area (Å²) in [5.41, 5.74) is 1.63. The van der Waals surface area contributed by atoms with Gasteiger partial charge in [-0.05, 0) is 62.3 Å². The molecule has 9 rings (SSSR count). The number of halogens is 7. The maximum atomic E-state index is 17.5. The van der Waals surface area contributed by atoms with E-state index in [0.29, 0.717) is 30.8 Å². The zero-order valence-electron chi connectivity index (χ0n) is 27.4. The minimum atomic E-state index is -5.16. The molecule has 0 spiro atoms. The molecule has 52 heavy (non-hydrogen) atoms. The highest BCUT2D eigenvalue weighted by Gasteiger charge is 2.50. The molecule has 2 aromatic carbocycles. The molecule has 7 heterocycles. The van der Waals surface area contributed by atoms with Gasteiger partial charge in [0.1, 0.15) is 34.8 Å². The van der Waals surface area contributed by atoms with Crippen molar-refractivity contribution in [1.82, 2.24) is 20.2 Å². The first kappa shape index (κ1) is 33.4. The Bertz CT molecular complexity index is 2310. The van der Waals surface area contributed by atoms with Gasteiger partial charge in [0.15, 0.2) is 5.82 Å². The Kier molecular flexibility index (Phi) is 7.39. The molecule has 0 saturated carbocycles. The molecule has 3 N–H and O–H groups in total. The van der Waals surface area contributed by atoms with Crippen LogP contribution in [0.25, 0.3) is 37.7 Å². The Morgan fingerprint density at radius 2 is 1.98 bits per heavy atom. The molecule has 2 bridgehead atoms. The summed E-state index contributed by atoms with van der Waals surface area (Å²) in [5.74, 6) is -2.12. The van der Waals surface area contributed by atoms with Gasteiger partial charge in [0, 0.05) is 53.3 Å². The lowest BCUT2D eigenvalue weighted by Crippen LogP contribution is -2.58. The van der Waals surface area contributed by atoms with Crippen molar-refractivity contribution in [2.45, 2.75) is 68.4 Å². The lowest BCUT2D eigenvalue weighted by molar-refractivity contribution is -0.137. The Hall–Kier alpha value is -4.46. The first-order valence-electron chi connectivity index (χ1n) is 17.0. The highest BCUT2D eigenvalue weighted by Crippen LogP contribution is 2.54. The van der Waals surface area contributed by atoms with Crippen molar-refractivity contribution in [3.63, 3.8) is 0 Å². The molecule has 4 atom stereocenters. The molecular formula is C36H30F7N7OS. The van der Waals surface area contributed by atoms with E-state index in [1.54, 1.807) is 0 Å². The van der Waals surface area contributed by atoms with Crippen LogP contribution in [0, 0.1) is 23.0 Å². The second-order valence-corrected chi connectivity index (χ2v) is 15.4. The lowest BCUT2D eigenvalue weighted by atomic mass is 9.85. The zero-order valence-corrected chi connectivity index (χ0v) is 28.3. The quantitative estimate of drug-likeness (QED) is 0.205. The summed E-state index contributed by atoms with van der Waals surface area (Å²) in [6.45, 7) is 5.08. The van der Waals surface area contributed by atoms with Crippen LogP contribution in [0.2, 0.25) is 0 Å². The standard InChI is InChI=1S/C36H30F7N7OS/c1-15-9-22-21-6-3-17(46-21)13-50(22)33-26-23(15)27(36(41,42)43)25(18-4-5-20(37)30-24(18)19(11-44)32(45)52-30)28(38)29(26)47-34(48-33)51-14-35-7-2-8-49(35)12-16(10-35)31(39)40/h4-5,17,21-22,46H,1-3,6-10,12-14,45H2/t17-,21+,22-,35+/m1/s1. The van der Waals surface area contributed by atoms with Crippen LogP contribution in [-0.2, 0) is 6.18 Å². The molecule has 8 nitrogen and oxygen atoms in total. The van der Waals surface area contributed by atoms with Gasteiger partial charge in [-0.1, -0.05) is 12.6 Å². The summed E-state index contributed by atoms with van der Waals surface area (Å²) in [7, 11) is 0. The molecule has 4 saturated heterocycles. The first-order chi connectivity index (χ1) is 24.8. The lowest BCUT2D eigenvalue weighted by Gasteiger charge is -2.41. The molecule has 5 aliphatic heterocycles. The third-order valence-corrected chi connectivity index (χ3v) is 12.6. The molecule has 0 aliphatic carbocycles. The average molecular weight is 742 g/mol. The van der Waals surface area contributed by atoms with Crippen molar-refractivity contribution in [1.29, 1.82) is 5.26 Å². The van der Waals surface area contributed by atoms with Crippen molar-refractivity contribution < 1.29 is 35.5 Å². The fourth-order valence-electron chi connectivity index (χ4n) is 9.37. The third-order valence-electron chi connectivity index (χ3n) is 11.6. The Balaban J connectivity index is 1.32. The number of nitrogens with two attached hydrogens (primary N) is 1. The van der Waals surface area contributed by atoms with Crippen LogP contribution in [0.15, 0.2) is 30.4 Å². The number of ether oxygens (including phenoxy) is 1. The summed E-state index contributed by atoms with van der Waals surface area (Å²) in [4.78, 5) is 12.9. The molecule has 0 radical (unpaired) electrons. The maximum Gasteiger partial charge on any atom is 0.417 e. The normalized spacial score (nSPS) is 25.5. The molecular weight excluding hydrogens is 711 g/mol. The fourth-order valence-corrected chi connectivity index (χ4v) is 10.3. The minimum Gasteiger partial charge on any atom is -0.461 e. The minimum absolute atomic E-state index is 0.0165. The summed E-state index contributed by atoms with van der Waals surface area (Å²) >= 11 is 0.685. The number of thiophene rings is 1. The number of alkyl halides is 3. The number of nitrogens with zero attached hydrogens (tertiary/aromatic N) is 5. The molecule has 2 aromatic heterocycles. The van der Waals surface area contributed by atoms with Gasteiger partial charge >= 0.3 is 12.2 Å². The number of fused-ring (bicyclic) bond motifs is 7. The summed E-state index contributed by atoms with van der Waals surface area (Å²) < 4.78 is 113. The Labute approximate surface area is 296 Å². The van der Waals surface area contributed by atoms with E-state index in [4.69, 9.17) is 15.5 Å². The largest absolute Gasteiger partial charge is 0.461 e. The number of nitrogens with one attached hydrogen (secondary N) is 1. The average Bonchev–Trinajstić information content (AvgIpc) is 3.84. The molecule has 0 unspecified atom stereocenters. The molecule has 4 aromatic rings. The fraction of sp³-hybridized carbons (Fsp3) is 0.417. The second-order valence-electron chi connectivity index (χ2n) is 14.4. The molecule has 270 valence electrons. The zero-order chi connectivity index (χ0) is 36.4. The van der Waals surface area contributed by atoms with E-state index < -0.39 is 46.1 Å². The number of benzene rings is 2. The van der Waals surface area contributed by atoms with Crippen molar-refractivity contribution in [2.24, 2.45) is 0 Å². The van der Waals surface area contributed by atoms with Crippen molar-refractivity contribution in [3.05, 3.63) is 58.7 Å². The molecule has 4 fully saturated rings. The van der Waals surface area contributed by atoms with E-state index in [2.05, 4.69) is 16.9 Å². The topological polar surface area (TPSA) is 103 Å². The number of piperazine rings is 1. The van der Waals surface area contributed by atoms with Crippen LogP contribution in [0.4, 0.5) is 41.6 Å². The van der Waals surface area contributed by atoms with Gasteiger partial charge in [0.05, 0.1) is 26.8 Å². The van der Waals surface area contributed by atoms with Gasteiger partial charge in [0.25, 0.3) is 6.08 Å². The number of anilines is 2. The summed E-state index contributed by atoms with van der Waals surface area (Å²) in [6.07, 6.45) is -3.80. The van der Waals surface area contributed by atoms with Crippen LogP contribution in [0.1, 0.15) is 55.2 Å². The highest BCUT2D eigenvalue weighted by atomic mass is 32.1. The predicted octanol–water partition coefficient (Wildman–Crippen LogP) is 7.76. The smallest absolute Gasteiger partial charge is 0.417 e. The number of nitriles is 1. The SMILES string of the molecule is C=C1C[C@@H]2[C@@H]3CC[C@H](CN2c2nc(OC[C@@]45CCCN4CC(=C(F)F)C5)nc4c(F)c(-c5ccc(F)c6sc(N)c(C#N)c56)c(C(F)(F)F)c1c24)N3. The summed E-state index contributed by atoms with van der Waals surface area (Å²) in [5, 5.41) is 13.0. The van der Waals surface area contributed by atoms with Gasteiger partial charge < -0.3 is 20.7 Å². The number of nitrogen functional groups attached to an aromatic ring is 1. The van der Waals surface area contributed by atoms with E-state index in [9.17, 15) is 14.0 Å². The van der Waals surface area contributed by atoms with Crippen LogP contribution in [-0.4, -0.2) is 64.8 Å². The van der Waals surface area contributed by atoms with Crippen molar-refractivity contribution in [3.8, 4) is 23.2 Å². The Morgan fingerprint density at radius 3 is 2.73 bits per heavy atom. The number of rotatable bonds is 4. The van der Waals surface area contributed by atoms with Crippen molar-refractivity contribution in [2.75, 3.05) is 36.9 Å². The van der Waals surface area contributed by atoms with E-state index in [-0.39, 0.29) is 104 Å². The molecule has 16 heteroatoms. The van der Waals surface area contributed by atoms with Gasteiger partial charge in [-0.2, -0.15) is 37.2 Å². The van der Waals surface area contributed by atoms with E-state index >= 15 is 22.0 Å². The van der Waals surface area contributed by atoms with Crippen LogP contribution in [0.5, 0.6) is 6.01 Å². The molecule has 5 aliphatic rings. The predicted molar refractivity (Wildman–Crippen MR) is 182 cm³/mol. The third kappa shape index (κ3) is 4.78. The Morgan fingerprint density at radius 1 is 1.17 bits per heavy atom. The summed E-state index contributed by atoms with van der Waals surface area (Å²) in [6, 6.07) is 3.02. The number of aromatic nitrogens is 2. The van der Waals surface area contributed by atoms with E-state index in [0.717, 1.165) is 31.4 Å². The highest BCUT2D eigenvalue weighted by molar-refractivity contribution is 7.23. The van der Waals surface area contributed by atoms with Crippen molar-refractivity contribution >= 4 is 48.7 Å². The number of hydrogen-bond acceptors (Lipinski definition) is 9. The molecule has 0 amide bonds. The first-order valence-corrected chi connectivity index (χ1v) is 17.8. The second kappa shape index (κ2) is 11.5. The van der Waals surface area contributed by atoms with E-state index in [1.807, 2.05) is 15.9 Å². The van der Waals surface area contributed by atoms with Crippen LogP contribution < -0.4 is 20.7 Å². The van der Waals surface area contributed by atoms with Gasteiger partial charge in [-0.25, -0.2) is 8.78 Å². The van der Waals surface area contributed by atoms with Gasteiger partial charge in [-0.15, -0.1) is 11.3 Å². The van der Waals surface area contributed by atoms with Crippen LogP contribution in [0.3, 0.4) is 0 Å². The van der Waals surface area contributed by atoms with E-state index in [1.165, 1.54) is 0 Å². The van der Waals surface area contributed by atoms with Gasteiger partial charge in [0.2, 0.25) is 0 Å². The van der Waals surface area contributed by atoms with Gasteiger partial charge in [-0.3, -0.25) is 4.90 Å². The maximum absolute atomic E-state index is 17.5. The monoisotopic (exact) mass is 741 g/mol. The number of hydrogen-bond donors (Lipinski definition) is 2.